The summed E-state index contributed by atoms with van der Waals surface area (Å²) >= 11 is 0. The Labute approximate surface area is 113 Å². The predicted molar refractivity (Wildman–Crippen MR) is 70.0 cm³/mol. The lowest BCUT2D eigenvalue weighted by molar-refractivity contribution is -0.0106. The molecule has 2 rings (SSSR count). The van der Waals surface area contributed by atoms with Crippen molar-refractivity contribution in [1.82, 2.24) is 15.5 Å². The molecule has 1 N–H and O–H groups in total. The minimum atomic E-state index is -0.494. The van der Waals surface area contributed by atoms with Gasteiger partial charge in [-0.1, -0.05) is 12.1 Å². The Morgan fingerprint density at radius 1 is 1.53 bits per heavy atom. The van der Waals surface area contributed by atoms with Gasteiger partial charge in [0.1, 0.15) is 5.60 Å². The molecule has 1 aromatic heterocycles. The number of ether oxygens (including phenoxy) is 2. The molecule has 0 amide bonds. The van der Waals surface area contributed by atoms with Crippen LogP contribution in [0.5, 0.6) is 0 Å². The third kappa shape index (κ3) is 2.80. The summed E-state index contributed by atoms with van der Waals surface area (Å²) in [5.41, 5.74) is -0.494. The number of nitrogens with one attached hydrogen (secondary N) is 1. The fraction of sp³-hybridized carbons (Fsp3) is 0.846. The van der Waals surface area contributed by atoms with Gasteiger partial charge in [-0.25, -0.2) is 0 Å². The molecule has 19 heavy (non-hydrogen) atoms. The van der Waals surface area contributed by atoms with E-state index >= 15 is 0 Å². The van der Waals surface area contributed by atoms with E-state index in [2.05, 4.69) is 15.5 Å². The second-order valence-electron chi connectivity index (χ2n) is 5.11. The van der Waals surface area contributed by atoms with Crippen molar-refractivity contribution in [3.05, 3.63) is 11.7 Å². The number of nitrogens with zero attached hydrogens (tertiary/aromatic N) is 2. The largest absolute Gasteiger partial charge is 0.381 e. The minimum absolute atomic E-state index is 0.109. The van der Waals surface area contributed by atoms with E-state index < -0.39 is 5.60 Å². The zero-order valence-electron chi connectivity index (χ0n) is 12.1. The van der Waals surface area contributed by atoms with Crippen LogP contribution in [-0.2, 0) is 15.1 Å². The maximum atomic E-state index is 5.52. The van der Waals surface area contributed by atoms with Gasteiger partial charge in [-0.2, -0.15) is 4.98 Å². The molecule has 0 aromatic carbocycles. The van der Waals surface area contributed by atoms with Gasteiger partial charge in [-0.3, -0.25) is 0 Å². The molecule has 1 fully saturated rings. The van der Waals surface area contributed by atoms with Crippen LogP contribution in [0.1, 0.15) is 44.3 Å². The van der Waals surface area contributed by atoms with E-state index in [4.69, 9.17) is 14.0 Å². The molecule has 0 saturated carbocycles. The second kappa shape index (κ2) is 5.98. The summed E-state index contributed by atoms with van der Waals surface area (Å²) < 4.78 is 16.4. The highest BCUT2D eigenvalue weighted by atomic mass is 16.5. The fourth-order valence-electron chi connectivity index (χ4n) is 2.32. The van der Waals surface area contributed by atoms with Crippen LogP contribution in [0.4, 0.5) is 0 Å². The first-order chi connectivity index (χ1) is 9.14. The van der Waals surface area contributed by atoms with Crippen LogP contribution in [-0.4, -0.2) is 43.6 Å². The first-order valence-electron chi connectivity index (χ1n) is 6.79. The smallest absolute Gasteiger partial charge is 0.233 e. The summed E-state index contributed by atoms with van der Waals surface area (Å²) in [5, 5.41) is 7.37. The third-order valence-corrected chi connectivity index (χ3v) is 4.08. The Kier molecular flexibility index (Phi) is 4.54. The molecule has 0 bridgehead atoms. The van der Waals surface area contributed by atoms with Crippen LogP contribution in [0.3, 0.4) is 0 Å². The number of likely N-dealkylation sites (N-methyl/N-ethyl adjacent to an activating group) is 1. The van der Waals surface area contributed by atoms with Crippen molar-refractivity contribution in [1.29, 1.82) is 0 Å². The van der Waals surface area contributed by atoms with Crippen molar-refractivity contribution in [2.45, 2.75) is 44.2 Å². The highest BCUT2D eigenvalue weighted by Gasteiger charge is 2.35. The Morgan fingerprint density at radius 3 is 2.95 bits per heavy atom. The average Bonchev–Trinajstić information content (AvgIpc) is 2.96. The number of aromatic nitrogens is 2. The molecular formula is C13H23N3O3. The summed E-state index contributed by atoms with van der Waals surface area (Å²) in [5.74, 6) is 1.34. The van der Waals surface area contributed by atoms with Crippen molar-refractivity contribution in [3.63, 3.8) is 0 Å². The van der Waals surface area contributed by atoms with Crippen molar-refractivity contribution < 1.29 is 14.0 Å². The lowest BCUT2D eigenvalue weighted by Gasteiger charge is -2.28. The minimum Gasteiger partial charge on any atom is -0.381 e. The van der Waals surface area contributed by atoms with Crippen molar-refractivity contribution in [2.75, 3.05) is 27.4 Å². The molecule has 1 aliphatic heterocycles. The predicted octanol–water partition coefficient (Wildman–Crippen LogP) is 1.43. The molecule has 3 unspecified atom stereocenters. The van der Waals surface area contributed by atoms with Crippen LogP contribution in [0.2, 0.25) is 0 Å². The lowest BCUT2D eigenvalue weighted by Crippen LogP contribution is -2.39. The summed E-state index contributed by atoms with van der Waals surface area (Å²) in [6.07, 6.45) is 1.74. The molecule has 0 aliphatic carbocycles. The van der Waals surface area contributed by atoms with Gasteiger partial charge in [0.2, 0.25) is 11.7 Å². The summed E-state index contributed by atoms with van der Waals surface area (Å²) in [4.78, 5) is 4.52. The fourth-order valence-corrected chi connectivity index (χ4v) is 2.32. The second-order valence-corrected chi connectivity index (χ2v) is 5.11. The molecule has 6 nitrogen and oxygen atoms in total. The van der Waals surface area contributed by atoms with Crippen LogP contribution in [0.15, 0.2) is 4.52 Å². The van der Waals surface area contributed by atoms with Crippen LogP contribution in [0, 0.1) is 0 Å². The van der Waals surface area contributed by atoms with E-state index in [9.17, 15) is 0 Å². The van der Waals surface area contributed by atoms with Gasteiger partial charge in [0, 0.05) is 19.8 Å². The molecule has 3 atom stereocenters. The molecule has 1 saturated heterocycles. The van der Waals surface area contributed by atoms with Gasteiger partial charge in [-0.15, -0.1) is 0 Å². The van der Waals surface area contributed by atoms with Crippen molar-refractivity contribution in [3.8, 4) is 0 Å². The van der Waals surface area contributed by atoms with Gasteiger partial charge in [0.25, 0.3) is 0 Å². The maximum Gasteiger partial charge on any atom is 0.233 e. The highest BCUT2D eigenvalue weighted by molar-refractivity contribution is 5.05. The van der Waals surface area contributed by atoms with Crippen LogP contribution < -0.4 is 5.32 Å². The van der Waals surface area contributed by atoms with E-state index in [0.29, 0.717) is 24.4 Å². The summed E-state index contributed by atoms with van der Waals surface area (Å²) in [6.45, 7) is 5.39. The van der Waals surface area contributed by atoms with E-state index in [1.54, 1.807) is 7.11 Å². The first kappa shape index (κ1) is 14.4. The van der Waals surface area contributed by atoms with Gasteiger partial charge < -0.3 is 19.3 Å². The Morgan fingerprint density at radius 2 is 2.32 bits per heavy atom. The normalized spacial score (nSPS) is 27.2. The molecule has 0 radical (unpaired) electrons. The monoisotopic (exact) mass is 269 g/mol. The average molecular weight is 269 g/mol. The van der Waals surface area contributed by atoms with Crippen LogP contribution in [0.25, 0.3) is 0 Å². The number of hydrogen-bond donors (Lipinski definition) is 1. The topological polar surface area (TPSA) is 69.4 Å². The maximum absolute atomic E-state index is 5.52. The van der Waals surface area contributed by atoms with Crippen molar-refractivity contribution in [2.24, 2.45) is 0 Å². The number of methoxy groups -OCH3 is 1. The van der Waals surface area contributed by atoms with Crippen LogP contribution >= 0.6 is 0 Å². The molecular weight excluding hydrogens is 246 g/mol. The van der Waals surface area contributed by atoms with E-state index in [1.165, 1.54) is 0 Å². The molecule has 6 heteroatoms. The van der Waals surface area contributed by atoms with Gasteiger partial charge in [-0.05, 0) is 26.8 Å². The van der Waals surface area contributed by atoms with Gasteiger partial charge in [0.05, 0.1) is 12.5 Å². The van der Waals surface area contributed by atoms with E-state index in [-0.39, 0.29) is 5.92 Å². The molecule has 2 heterocycles. The number of hydrogen-bond acceptors (Lipinski definition) is 6. The molecule has 1 aliphatic rings. The standard InChI is InChI=1S/C13H23N3O3/c1-5-13(2,17-4)12-15-11(19-16-12)9-8-18-7-6-10(9)14-3/h9-10,14H,5-8H2,1-4H3. The third-order valence-electron chi connectivity index (χ3n) is 4.08. The molecule has 108 valence electrons. The quantitative estimate of drug-likeness (QED) is 0.872. The Hall–Kier alpha value is -0.980. The Bertz CT molecular complexity index is 404. The van der Waals surface area contributed by atoms with E-state index in [0.717, 1.165) is 19.4 Å². The first-order valence-corrected chi connectivity index (χ1v) is 6.79. The van der Waals surface area contributed by atoms with E-state index in [1.807, 2.05) is 20.9 Å². The Balaban J connectivity index is 2.20. The molecule has 0 spiro atoms. The van der Waals surface area contributed by atoms with Crippen molar-refractivity contribution >= 4 is 0 Å². The summed E-state index contributed by atoms with van der Waals surface area (Å²) in [6, 6.07) is 0.317. The highest BCUT2D eigenvalue weighted by Crippen LogP contribution is 2.29. The SMILES string of the molecule is CCC(C)(OC)c1noc(C2COCCC2NC)n1. The lowest BCUT2D eigenvalue weighted by atomic mass is 9.95. The zero-order chi connectivity index (χ0) is 13.9. The molecule has 1 aromatic rings. The van der Waals surface area contributed by atoms with Gasteiger partial charge in [0.15, 0.2) is 0 Å². The number of rotatable bonds is 5. The van der Waals surface area contributed by atoms with Gasteiger partial charge >= 0.3 is 0 Å². The zero-order valence-corrected chi connectivity index (χ0v) is 12.1. The summed E-state index contributed by atoms with van der Waals surface area (Å²) in [7, 11) is 3.62.